The van der Waals surface area contributed by atoms with Crippen molar-refractivity contribution in [2.24, 2.45) is 11.8 Å². The highest BCUT2D eigenvalue weighted by Crippen LogP contribution is 2.60. The molecule has 0 unspecified atom stereocenters. The van der Waals surface area contributed by atoms with Gasteiger partial charge in [-0.3, -0.25) is 9.69 Å². The van der Waals surface area contributed by atoms with Crippen LogP contribution in [0, 0.1) is 11.8 Å². The van der Waals surface area contributed by atoms with Gasteiger partial charge in [0.1, 0.15) is 17.9 Å². The summed E-state index contributed by atoms with van der Waals surface area (Å²) in [5.74, 6) is -2.85. The van der Waals surface area contributed by atoms with Crippen LogP contribution in [0.15, 0.2) is 48.5 Å². The highest BCUT2D eigenvalue weighted by atomic mass is 19.4. The van der Waals surface area contributed by atoms with Crippen LogP contribution in [0.5, 0.6) is 5.75 Å². The van der Waals surface area contributed by atoms with E-state index >= 15 is 0 Å². The quantitative estimate of drug-likeness (QED) is 0.629. The first-order valence-electron chi connectivity index (χ1n) is 9.79. The number of ether oxygens (including phenoxy) is 2. The Morgan fingerprint density at radius 1 is 0.931 bits per heavy atom. The van der Waals surface area contributed by atoms with E-state index in [1.165, 1.54) is 0 Å². The minimum absolute atomic E-state index is 0.0643. The zero-order valence-corrected chi connectivity index (χ0v) is 15.3. The lowest BCUT2D eigenvalue weighted by Gasteiger charge is -2.43. The van der Waals surface area contributed by atoms with Gasteiger partial charge >= 0.3 is 12.1 Å². The van der Waals surface area contributed by atoms with Crippen LogP contribution in [0.4, 0.5) is 13.2 Å². The first-order chi connectivity index (χ1) is 13.9. The molecule has 2 aromatic rings. The molecule has 0 spiro atoms. The number of alkyl halides is 3. The molecule has 6 atom stereocenters. The molecule has 29 heavy (non-hydrogen) atoms. The standard InChI is InChI=1S/C22H18F3NO3/c23-22(24,25)17-14-10-28-15-8-4-3-7-13(15)18(14)26-19-12-6-2-1-5-11(12)9-16(19)29-21(27)20(17)26/h1-8,14,16-20H,9-10H2/t14-,16-,17-,18-,19+,20+/m1/s1. The largest absolute Gasteiger partial charge is 0.493 e. The van der Waals surface area contributed by atoms with Crippen molar-refractivity contribution in [2.75, 3.05) is 6.61 Å². The van der Waals surface area contributed by atoms with E-state index in [-0.39, 0.29) is 12.6 Å². The number of para-hydroxylation sites is 1. The fraction of sp³-hybridized carbons (Fsp3) is 0.409. The Kier molecular flexibility index (Phi) is 3.44. The van der Waals surface area contributed by atoms with Crippen LogP contribution in [-0.4, -0.2) is 35.8 Å². The molecular formula is C22H18F3NO3. The van der Waals surface area contributed by atoms with Gasteiger partial charge in [0.15, 0.2) is 0 Å². The molecule has 3 aliphatic heterocycles. The predicted octanol–water partition coefficient (Wildman–Crippen LogP) is 3.82. The highest BCUT2D eigenvalue weighted by molar-refractivity contribution is 5.79. The molecule has 0 amide bonds. The molecule has 150 valence electrons. The number of benzene rings is 2. The van der Waals surface area contributed by atoms with Crippen LogP contribution in [-0.2, 0) is 16.0 Å². The molecule has 0 saturated carbocycles. The summed E-state index contributed by atoms with van der Waals surface area (Å²) in [6.45, 7) is -0.0643. The Balaban J connectivity index is 1.57. The fourth-order valence-corrected chi connectivity index (χ4v) is 5.89. The number of rotatable bonds is 0. The molecule has 2 aromatic carbocycles. The smallest absolute Gasteiger partial charge is 0.394 e. The van der Waals surface area contributed by atoms with Gasteiger partial charge in [0.2, 0.25) is 0 Å². The van der Waals surface area contributed by atoms with E-state index in [4.69, 9.17) is 9.47 Å². The molecule has 2 saturated heterocycles. The lowest BCUT2D eigenvalue weighted by Crippen LogP contribution is -2.54. The van der Waals surface area contributed by atoms with Crippen LogP contribution < -0.4 is 4.74 Å². The molecule has 6 rings (SSSR count). The number of hydrogen-bond acceptors (Lipinski definition) is 4. The van der Waals surface area contributed by atoms with Crippen molar-refractivity contribution in [3.05, 3.63) is 65.2 Å². The summed E-state index contributed by atoms with van der Waals surface area (Å²) >= 11 is 0. The van der Waals surface area contributed by atoms with E-state index in [1.54, 1.807) is 11.0 Å². The van der Waals surface area contributed by atoms with Crippen LogP contribution in [0.25, 0.3) is 0 Å². The minimum Gasteiger partial charge on any atom is -0.493 e. The molecule has 4 aliphatic rings. The summed E-state index contributed by atoms with van der Waals surface area (Å²) in [5, 5.41) is 0. The van der Waals surface area contributed by atoms with Crippen LogP contribution in [0.1, 0.15) is 28.8 Å². The summed E-state index contributed by atoms with van der Waals surface area (Å²) in [4.78, 5) is 14.7. The Morgan fingerprint density at radius 3 is 2.45 bits per heavy atom. The zero-order valence-electron chi connectivity index (χ0n) is 15.3. The molecule has 1 aliphatic carbocycles. The van der Waals surface area contributed by atoms with Gasteiger partial charge in [-0.1, -0.05) is 42.5 Å². The topological polar surface area (TPSA) is 38.8 Å². The monoisotopic (exact) mass is 401 g/mol. The van der Waals surface area contributed by atoms with E-state index in [0.717, 1.165) is 16.7 Å². The Bertz CT molecular complexity index is 1010. The number of nitrogens with zero attached hydrogens (tertiary/aromatic N) is 1. The number of carbonyl (C=O) groups is 1. The van der Waals surface area contributed by atoms with Crippen molar-refractivity contribution in [2.45, 2.75) is 36.8 Å². The molecule has 0 radical (unpaired) electrons. The molecule has 4 nitrogen and oxygen atoms in total. The average molecular weight is 401 g/mol. The van der Waals surface area contributed by atoms with Gasteiger partial charge in [0.05, 0.1) is 18.6 Å². The first-order valence-corrected chi connectivity index (χ1v) is 9.79. The minimum atomic E-state index is -4.53. The Hall–Kier alpha value is -2.54. The molecule has 0 aromatic heterocycles. The van der Waals surface area contributed by atoms with Crippen molar-refractivity contribution in [1.82, 2.24) is 4.90 Å². The number of halogens is 3. The van der Waals surface area contributed by atoms with Gasteiger partial charge in [-0.25, -0.2) is 0 Å². The lowest BCUT2D eigenvalue weighted by atomic mass is 9.83. The zero-order chi connectivity index (χ0) is 19.9. The molecule has 3 heterocycles. The molecule has 2 fully saturated rings. The van der Waals surface area contributed by atoms with Crippen LogP contribution in [0.3, 0.4) is 0 Å². The maximum Gasteiger partial charge on any atom is 0.394 e. The van der Waals surface area contributed by atoms with Crippen molar-refractivity contribution >= 4 is 5.97 Å². The molecular weight excluding hydrogens is 383 g/mol. The third kappa shape index (κ3) is 2.28. The van der Waals surface area contributed by atoms with E-state index in [0.29, 0.717) is 12.2 Å². The summed E-state index contributed by atoms with van der Waals surface area (Å²) in [6.07, 6.45) is -4.46. The maximum absolute atomic E-state index is 14.2. The van der Waals surface area contributed by atoms with Gasteiger partial charge in [0, 0.05) is 23.9 Å². The van der Waals surface area contributed by atoms with Gasteiger partial charge in [-0.05, 0) is 17.2 Å². The van der Waals surface area contributed by atoms with E-state index in [2.05, 4.69) is 0 Å². The Labute approximate surface area is 165 Å². The summed E-state index contributed by atoms with van der Waals surface area (Å²) < 4.78 is 53.9. The number of morpholine rings is 1. The average Bonchev–Trinajstić information content (AvgIpc) is 3.23. The SMILES string of the molecule is O=C1O[C@@H]2Cc3ccccc3[C@@H]2N2[C@H]1[C@H](C(F)(F)F)[C@H]1COc3ccccc3[C@H]12. The molecule has 0 bridgehead atoms. The first kappa shape index (κ1) is 17.3. The maximum atomic E-state index is 14.2. The number of esters is 1. The van der Waals surface area contributed by atoms with Crippen molar-refractivity contribution in [3.63, 3.8) is 0 Å². The fourth-order valence-electron chi connectivity index (χ4n) is 5.89. The van der Waals surface area contributed by atoms with Gasteiger partial charge in [-0.2, -0.15) is 13.2 Å². The number of fused-ring (bicyclic) bond motifs is 9. The summed E-state index contributed by atoms with van der Waals surface area (Å²) in [6, 6.07) is 12.6. The third-order valence-electron chi connectivity index (χ3n) is 6.87. The second-order valence-electron chi connectivity index (χ2n) is 8.24. The summed E-state index contributed by atoms with van der Waals surface area (Å²) in [5.41, 5.74) is 2.71. The van der Waals surface area contributed by atoms with Crippen molar-refractivity contribution < 1.29 is 27.4 Å². The normalized spacial score (nSPS) is 34.9. The van der Waals surface area contributed by atoms with Crippen molar-refractivity contribution in [3.8, 4) is 5.75 Å². The van der Waals surface area contributed by atoms with E-state index in [9.17, 15) is 18.0 Å². The Morgan fingerprint density at radius 2 is 1.66 bits per heavy atom. The lowest BCUT2D eigenvalue weighted by molar-refractivity contribution is -0.210. The molecule has 0 N–H and O–H groups in total. The second-order valence-corrected chi connectivity index (χ2v) is 8.24. The number of carbonyl (C=O) groups excluding carboxylic acids is 1. The van der Waals surface area contributed by atoms with E-state index in [1.807, 2.05) is 42.5 Å². The third-order valence-corrected chi connectivity index (χ3v) is 6.87. The van der Waals surface area contributed by atoms with Gasteiger partial charge in [-0.15, -0.1) is 0 Å². The molecule has 7 heteroatoms. The second kappa shape index (κ2) is 5.75. The van der Waals surface area contributed by atoms with Crippen molar-refractivity contribution in [1.29, 1.82) is 0 Å². The van der Waals surface area contributed by atoms with Crippen LogP contribution >= 0.6 is 0 Å². The highest BCUT2D eigenvalue weighted by Gasteiger charge is 2.68. The van der Waals surface area contributed by atoms with Crippen LogP contribution in [0.2, 0.25) is 0 Å². The predicted molar refractivity (Wildman–Crippen MR) is 96.1 cm³/mol. The number of hydrogen-bond donors (Lipinski definition) is 0. The van der Waals surface area contributed by atoms with Gasteiger partial charge in [0.25, 0.3) is 0 Å². The summed E-state index contributed by atoms with van der Waals surface area (Å²) in [7, 11) is 0. The van der Waals surface area contributed by atoms with Gasteiger partial charge < -0.3 is 9.47 Å². The van der Waals surface area contributed by atoms with E-state index < -0.39 is 42.2 Å².